The maximum absolute atomic E-state index is 10.6. The number of carbonyl (C=O) groups is 3. The summed E-state index contributed by atoms with van der Waals surface area (Å²) in [5.74, 6) is -2.01. The van der Waals surface area contributed by atoms with E-state index in [1.165, 1.54) is 13.8 Å². The van der Waals surface area contributed by atoms with E-state index in [-0.39, 0.29) is 0 Å². The van der Waals surface area contributed by atoms with Crippen molar-refractivity contribution in [1.82, 2.24) is 0 Å². The first-order chi connectivity index (χ1) is 9.40. The first-order valence-electron chi connectivity index (χ1n) is 5.81. The van der Waals surface area contributed by atoms with Crippen LogP contribution in [0, 0.1) is 0 Å². The molecule has 5 heteroatoms. The Morgan fingerprint density at radius 1 is 0.900 bits per heavy atom. The maximum Gasteiger partial charge on any atom is 0.335 e. The van der Waals surface area contributed by atoms with Gasteiger partial charge in [-0.1, -0.05) is 30.3 Å². The van der Waals surface area contributed by atoms with Gasteiger partial charge in [0.15, 0.2) is 0 Å². The lowest BCUT2D eigenvalue weighted by atomic mass is 10.1. The smallest absolute Gasteiger partial charge is 0.335 e. The van der Waals surface area contributed by atoms with Gasteiger partial charge in [-0.05, 0) is 22.9 Å². The van der Waals surface area contributed by atoms with Crippen LogP contribution in [0.25, 0.3) is 10.8 Å². The van der Waals surface area contributed by atoms with Gasteiger partial charge in [-0.3, -0.25) is 9.59 Å². The minimum atomic E-state index is -0.884. The zero-order chi connectivity index (χ0) is 15.1. The Hall–Kier alpha value is -2.69. The zero-order valence-corrected chi connectivity index (χ0v) is 11.1. The Kier molecular flexibility index (Phi) is 5.41. The van der Waals surface area contributed by atoms with Gasteiger partial charge >= 0.3 is 17.9 Å². The molecule has 0 aliphatic rings. The van der Waals surface area contributed by atoms with Gasteiger partial charge in [0.2, 0.25) is 0 Å². The van der Waals surface area contributed by atoms with E-state index in [0.717, 1.165) is 10.8 Å². The SMILES string of the molecule is CC(=O)OC(C)=O.O=C(O)c1ccc2ccccc2c1. The van der Waals surface area contributed by atoms with Crippen LogP contribution in [0.5, 0.6) is 0 Å². The van der Waals surface area contributed by atoms with E-state index in [1.807, 2.05) is 30.3 Å². The van der Waals surface area contributed by atoms with Crippen LogP contribution in [0.1, 0.15) is 24.2 Å². The van der Waals surface area contributed by atoms with Crippen molar-refractivity contribution in [2.45, 2.75) is 13.8 Å². The summed E-state index contributed by atoms with van der Waals surface area (Å²) < 4.78 is 3.97. The molecule has 0 aliphatic carbocycles. The molecule has 0 amide bonds. The minimum Gasteiger partial charge on any atom is -0.478 e. The van der Waals surface area contributed by atoms with Crippen molar-refractivity contribution < 1.29 is 24.2 Å². The maximum atomic E-state index is 10.6. The second kappa shape index (κ2) is 7.04. The van der Waals surface area contributed by atoms with E-state index in [4.69, 9.17) is 5.11 Å². The number of ether oxygens (including phenoxy) is 1. The van der Waals surface area contributed by atoms with Gasteiger partial charge < -0.3 is 9.84 Å². The molecule has 0 aliphatic heterocycles. The molecule has 104 valence electrons. The Morgan fingerprint density at radius 3 is 1.90 bits per heavy atom. The summed E-state index contributed by atoms with van der Waals surface area (Å²) in [6.07, 6.45) is 0. The number of esters is 2. The molecule has 2 rings (SSSR count). The molecule has 5 nitrogen and oxygen atoms in total. The number of carboxylic acid groups (broad SMARTS) is 1. The van der Waals surface area contributed by atoms with E-state index < -0.39 is 17.9 Å². The first kappa shape index (κ1) is 15.4. The lowest BCUT2D eigenvalue weighted by molar-refractivity contribution is -0.156. The van der Waals surface area contributed by atoms with Crippen LogP contribution in [0.4, 0.5) is 0 Å². The summed E-state index contributed by atoms with van der Waals surface area (Å²) in [6.45, 7) is 2.36. The van der Waals surface area contributed by atoms with E-state index >= 15 is 0 Å². The van der Waals surface area contributed by atoms with E-state index in [0.29, 0.717) is 5.56 Å². The third-order valence-corrected chi connectivity index (χ3v) is 2.28. The summed E-state index contributed by atoms with van der Waals surface area (Å²) in [5, 5.41) is 10.8. The fourth-order valence-corrected chi connectivity index (χ4v) is 1.52. The molecule has 0 atom stereocenters. The van der Waals surface area contributed by atoms with Gasteiger partial charge in [-0.2, -0.15) is 0 Å². The summed E-state index contributed by atoms with van der Waals surface area (Å²) in [4.78, 5) is 30.3. The molecule has 0 heterocycles. The third kappa shape index (κ3) is 4.89. The Balaban J connectivity index is 0.000000246. The highest BCUT2D eigenvalue weighted by Gasteiger charge is 2.01. The van der Waals surface area contributed by atoms with Crippen molar-refractivity contribution in [2.24, 2.45) is 0 Å². The van der Waals surface area contributed by atoms with E-state index in [1.54, 1.807) is 12.1 Å². The normalized spacial score (nSPS) is 9.30. The lowest BCUT2D eigenvalue weighted by Gasteiger charge is -1.98. The van der Waals surface area contributed by atoms with Crippen molar-refractivity contribution in [3.63, 3.8) is 0 Å². The van der Waals surface area contributed by atoms with Crippen LogP contribution in [0.15, 0.2) is 42.5 Å². The first-order valence-corrected chi connectivity index (χ1v) is 5.81. The van der Waals surface area contributed by atoms with Crippen LogP contribution >= 0.6 is 0 Å². The van der Waals surface area contributed by atoms with Crippen LogP contribution in [-0.4, -0.2) is 23.0 Å². The monoisotopic (exact) mass is 274 g/mol. The molecule has 0 unspecified atom stereocenters. The van der Waals surface area contributed by atoms with Crippen molar-refractivity contribution in [1.29, 1.82) is 0 Å². The number of aromatic carboxylic acids is 1. The number of fused-ring (bicyclic) bond motifs is 1. The molecular weight excluding hydrogens is 260 g/mol. The highest BCUT2D eigenvalue weighted by molar-refractivity contribution is 5.94. The molecule has 1 N–H and O–H groups in total. The number of hydrogen-bond acceptors (Lipinski definition) is 4. The fraction of sp³-hybridized carbons (Fsp3) is 0.133. The van der Waals surface area contributed by atoms with Crippen LogP contribution in [0.3, 0.4) is 0 Å². The molecule has 20 heavy (non-hydrogen) atoms. The van der Waals surface area contributed by atoms with Crippen LogP contribution in [-0.2, 0) is 14.3 Å². The molecule has 0 saturated heterocycles. The van der Waals surface area contributed by atoms with Gasteiger partial charge in [0.05, 0.1) is 5.56 Å². The van der Waals surface area contributed by atoms with Gasteiger partial charge in [-0.15, -0.1) is 0 Å². The summed E-state index contributed by atoms with van der Waals surface area (Å²) in [6, 6.07) is 12.8. The number of benzene rings is 2. The Morgan fingerprint density at radius 2 is 1.45 bits per heavy atom. The van der Waals surface area contributed by atoms with Crippen LogP contribution < -0.4 is 0 Å². The van der Waals surface area contributed by atoms with E-state index in [2.05, 4.69) is 4.74 Å². The van der Waals surface area contributed by atoms with Crippen molar-refractivity contribution in [2.75, 3.05) is 0 Å². The quantitative estimate of drug-likeness (QED) is 0.638. The van der Waals surface area contributed by atoms with Crippen molar-refractivity contribution in [3.8, 4) is 0 Å². The summed E-state index contributed by atoms with van der Waals surface area (Å²) >= 11 is 0. The number of hydrogen-bond donors (Lipinski definition) is 1. The van der Waals surface area contributed by atoms with Gasteiger partial charge in [0.25, 0.3) is 0 Å². The van der Waals surface area contributed by atoms with Crippen LogP contribution in [0.2, 0.25) is 0 Å². The van der Waals surface area contributed by atoms with Gasteiger partial charge in [0, 0.05) is 13.8 Å². The molecule has 0 saturated carbocycles. The highest BCUT2D eigenvalue weighted by atomic mass is 16.6. The molecule has 0 bridgehead atoms. The van der Waals surface area contributed by atoms with Crippen molar-refractivity contribution >= 4 is 28.7 Å². The van der Waals surface area contributed by atoms with E-state index in [9.17, 15) is 14.4 Å². The highest BCUT2D eigenvalue weighted by Crippen LogP contribution is 2.15. The summed E-state index contributed by atoms with van der Waals surface area (Å²) in [7, 11) is 0. The number of carbonyl (C=O) groups excluding carboxylic acids is 2. The Labute approximate surface area is 115 Å². The number of rotatable bonds is 1. The molecule has 0 fully saturated rings. The average molecular weight is 274 g/mol. The van der Waals surface area contributed by atoms with Gasteiger partial charge in [0.1, 0.15) is 0 Å². The van der Waals surface area contributed by atoms with Gasteiger partial charge in [-0.25, -0.2) is 4.79 Å². The molecule has 2 aromatic rings. The zero-order valence-electron chi connectivity index (χ0n) is 11.1. The topological polar surface area (TPSA) is 80.7 Å². The molecule has 0 radical (unpaired) electrons. The predicted molar refractivity (Wildman–Crippen MR) is 73.4 cm³/mol. The second-order valence-electron chi connectivity index (χ2n) is 3.95. The second-order valence-corrected chi connectivity index (χ2v) is 3.95. The Bertz CT molecular complexity index is 634. The number of carboxylic acids is 1. The lowest BCUT2D eigenvalue weighted by Crippen LogP contribution is -2.03. The average Bonchev–Trinajstić information content (AvgIpc) is 2.37. The molecule has 2 aromatic carbocycles. The largest absolute Gasteiger partial charge is 0.478 e. The minimum absolute atomic E-state index is 0.332. The summed E-state index contributed by atoms with van der Waals surface area (Å²) in [5.41, 5.74) is 0.332. The predicted octanol–water partition coefficient (Wildman–Crippen LogP) is 2.63. The van der Waals surface area contributed by atoms with Crippen molar-refractivity contribution in [3.05, 3.63) is 48.0 Å². The fourth-order valence-electron chi connectivity index (χ4n) is 1.52. The molecule has 0 aromatic heterocycles. The molecular formula is C15H14O5. The molecule has 0 spiro atoms. The standard InChI is InChI=1S/C11H8O2.C4H6O3/c12-11(13)10-6-5-8-3-1-2-4-9(8)7-10;1-3(5)7-4(2)6/h1-7H,(H,12,13);1-2H3. The third-order valence-electron chi connectivity index (χ3n) is 2.28.